The summed E-state index contributed by atoms with van der Waals surface area (Å²) in [6, 6.07) is 13.0. The first kappa shape index (κ1) is 22.9. The summed E-state index contributed by atoms with van der Waals surface area (Å²) in [5, 5.41) is 2.87. The maximum atomic E-state index is 13.0. The Kier molecular flexibility index (Phi) is 8.70. The average molecular weight is 461 g/mol. The van der Waals surface area contributed by atoms with E-state index in [0.717, 1.165) is 27.6 Å². The normalized spacial score (nSPS) is 11.6. The Bertz CT molecular complexity index is 816. The molecular weight excluding hydrogens is 432 g/mol. The monoisotopic (exact) mass is 460 g/mol. The van der Waals surface area contributed by atoms with Crippen molar-refractivity contribution in [2.45, 2.75) is 46.7 Å². The lowest BCUT2D eigenvalue weighted by atomic mass is 10.1. The molecule has 5 nitrogen and oxygen atoms in total. The van der Waals surface area contributed by atoms with Crippen molar-refractivity contribution in [2.24, 2.45) is 0 Å². The molecule has 1 N–H and O–H groups in total. The fourth-order valence-electron chi connectivity index (χ4n) is 3.01. The van der Waals surface area contributed by atoms with E-state index < -0.39 is 6.04 Å². The maximum absolute atomic E-state index is 13.0. The molecule has 0 bridgehead atoms. The number of benzene rings is 2. The largest absolute Gasteiger partial charge is 0.484 e. The molecule has 0 heterocycles. The van der Waals surface area contributed by atoms with E-state index in [1.165, 1.54) is 0 Å². The number of rotatable bonds is 9. The second kappa shape index (κ2) is 11.0. The van der Waals surface area contributed by atoms with E-state index in [1.807, 2.05) is 57.2 Å². The molecular formula is C23H29BrN2O3. The molecule has 0 aliphatic heterocycles. The van der Waals surface area contributed by atoms with Crippen LogP contribution in [0.1, 0.15) is 37.0 Å². The summed E-state index contributed by atoms with van der Waals surface area (Å²) in [5.41, 5.74) is 3.10. The molecule has 0 saturated carbocycles. The number of nitrogens with zero attached hydrogens (tertiary/aromatic N) is 1. The zero-order valence-corrected chi connectivity index (χ0v) is 19.1. The van der Waals surface area contributed by atoms with Gasteiger partial charge in [-0.05, 0) is 68.1 Å². The molecule has 0 aromatic heterocycles. The van der Waals surface area contributed by atoms with Gasteiger partial charge in [-0.15, -0.1) is 0 Å². The van der Waals surface area contributed by atoms with Crippen LogP contribution in [0, 0.1) is 13.8 Å². The maximum Gasteiger partial charge on any atom is 0.261 e. The predicted molar refractivity (Wildman–Crippen MR) is 119 cm³/mol. The molecule has 2 aromatic carbocycles. The van der Waals surface area contributed by atoms with Gasteiger partial charge in [-0.1, -0.05) is 41.1 Å². The molecule has 0 spiro atoms. The number of amides is 2. The first-order valence-electron chi connectivity index (χ1n) is 9.83. The molecule has 0 unspecified atom stereocenters. The highest BCUT2D eigenvalue weighted by Gasteiger charge is 2.26. The summed E-state index contributed by atoms with van der Waals surface area (Å²) < 4.78 is 6.71. The number of hydrogen-bond donors (Lipinski definition) is 1. The minimum atomic E-state index is -0.597. The first-order valence-corrected chi connectivity index (χ1v) is 10.6. The Morgan fingerprint density at radius 2 is 1.72 bits per heavy atom. The molecule has 0 aliphatic carbocycles. The third-order valence-electron chi connectivity index (χ3n) is 4.54. The predicted octanol–water partition coefficient (Wildman–Crippen LogP) is 4.39. The number of halogens is 1. The summed E-state index contributed by atoms with van der Waals surface area (Å²) in [6.45, 7) is 8.52. The SMILES string of the molecule is CCCNC(=O)[C@H](C)N(Cc1ccc(Br)cc1)C(=O)COc1cc(C)cc(C)c1. The molecule has 6 heteroatoms. The third-order valence-corrected chi connectivity index (χ3v) is 5.07. The number of carbonyl (C=O) groups is 2. The number of nitrogens with one attached hydrogen (secondary N) is 1. The molecule has 2 amide bonds. The molecule has 2 aromatic rings. The number of hydrogen-bond acceptors (Lipinski definition) is 3. The van der Waals surface area contributed by atoms with Crippen LogP contribution < -0.4 is 10.1 Å². The molecule has 156 valence electrons. The minimum absolute atomic E-state index is 0.120. The van der Waals surface area contributed by atoms with Crippen molar-refractivity contribution in [3.05, 3.63) is 63.6 Å². The van der Waals surface area contributed by atoms with Crippen LogP contribution in [0.3, 0.4) is 0 Å². The van der Waals surface area contributed by atoms with Crippen molar-refractivity contribution in [1.82, 2.24) is 10.2 Å². The smallest absolute Gasteiger partial charge is 0.261 e. The molecule has 0 radical (unpaired) electrons. The quantitative estimate of drug-likeness (QED) is 0.603. The Morgan fingerprint density at radius 3 is 2.31 bits per heavy atom. The molecule has 0 fully saturated rings. The van der Waals surface area contributed by atoms with Crippen molar-refractivity contribution < 1.29 is 14.3 Å². The van der Waals surface area contributed by atoms with E-state index >= 15 is 0 Å². The standard InChI is InChI=1S/C23H29BrN2O3/c1-5-10-25-23(28)18(4)26(14-19-6-8-20(24)9-7-19)22(27)15-29-21-12-16(2)11-17(3)13-21/h6-9,11-13,18H,5,10,14-15H2,1-4H3,(H,25,28)/t18-/m0/s1. The van der Waals surface area contributed by atoms with Crippen LogP contribution >= 0.6 is 15.9 Å². The van der Waals surface area contributed by atoms with Gasteiger partial charge in [0, 0.05) is 17.6 Å². The van der Waals surface area contributed by atoms with Crippen molar-refractivity contribution in [3.63, 3.8) is 0 Å². The van der Waals surface area contributed by atoms with Crippen molar-refractivity contribution in [1.29, 1.82) is 0 Å². The van der Waals surface area contributed by atoms with Gasteiger partial charge in [0.2, 0.25) is 5.91 Å². The van der Waals surface area contributed by atoms with Crippen LogP contribution in [0.4, 0.5) is 0 Å². The highest BCUT2D eigenvalue weighted by molar-refractivity contribution is 9.10. The molecule has 1 atom stereocenters. The Labute approximate surface area is 181 Å². The summed E-state index contributed by atoms with van der Waals surface area (Å²) in [4.78, 5) is 27.1. The van der Waals surface area contributed by atoms with Crippen LogP contribution in [0.15, 0.2) is 46.9 Å². The Morgan fingerprint density at radius 1 is 1.10 bits per heavy atom. The van der Waals surface area contributed by atoms with Crippen LogP contribution in [0.2, 0.25) is 0 Å². The van der Waals surface area contributed by atoms with Gasteiger partial charge in [0.1, 0.15) is 11.8 Å². The van der Waals surface area contributed by atoms with E-state index in [2.05, 4.69) is 27.3 Å². The van der Waals surface area contributed by atoms with Gasteiger partial charge in [-0.2, -0.15) is 0 Å². The van der Waals surface area contributed by atoms with Gasteiger partial charge >= 0.3 is 0 Å². The van der Waals surface area contributed by atoms with Crippen molar-refractivity contribution in [3.8, 4) is 5.75 Å². The molecule has 29 heavy (non-hydrogen) atoms. The zero-order valence-electron chi connectivity index (χ0n) is 17.5. The van der Waals surface area contributed by atoms with Crippen LogP contribution in [-0.4, -0.2) is 35.9 Å². The summed E-state index contributed by atoms with van der Waals surface area (Å²) in [7, 11) is 0. The molecule has 0 aliphatic rings. The van der Waals surface area contributed by atoms with Gasteiger partial charge in [-0.3, -0.25) is 9.59 Å². The average Bonchev–Trinajstić information content (AvgIpc) is 2.68. The lowest BCUT2D eigenvalue weighted by molar-refractivity contribution is -0.142. The van der Waals surface area contributed by atoms with Crippen LogP contribution in [-0.2, 0) is 16.1 Å². The van der Waals surface area contributed by atoms with Gasteiger partial charge in [0.25, 0.3) is 5.91 Å². The van der Waals surface area contributed by atoms with Gasteiger partial charge in [0.15, 0.2) is 6.61 Å². The summed E-state index contributed by atoms with van der Waals surface area (Å²) in [6.07, 6.45) is 0.842. The fraction of sp³-hybridized carbons (Fsp3) is 0.391. The first-order chi connectivity index (χ1) is 13.8. The van der Waals surface area contributed by atoms with Crippen molar-refractivity contribution >= 4 is 27.7 Å². The van der Waals surface area contributed by atoms with Gasteiger partial charge in [-0.25, -0.2) is 0 Å². The highest BCUT2D eigenvalue weighted by atomic mass is 79.9. The van der Waals surface area contributed by atoms with Gasteiger partial charge in [0.05, 0.1) is 0 Å². The number of aryl methyl sites for hydroxylation is 2. The van der Waals surface area contributed by atoms with Crippen LogP contribution in [0.5, 0.6) is 5.75 Å². The number of ether oxygens (including phenoxy) is 1. The summed E-state index contributed by atoms with van der Waals surface area (Å²) >= 11 is 3.42. The highest BCUT2D eigenvalue weighted by Crippen LogP contribution is 2.18. The molecule has 0 saturated heterocycles. The van der Waals surface area contributed by atoms with E-state index in [0.29, 0.717) is 18.8 Å². The van der Waals surface area contributed by atoms with E-state index in [-0.39, 0.29) is 18.4 Å². The van der Waals surface area contributed by atoms with Crippen molar-refractivity contribution in [2.75, 3.05) is 13.2 Å². The second-order valence-corrected chi connectivity index (χ2v) is 8.14. The van der Waals surface area contributed by atoms with E-state index in [1.54, 1.807) is 11.8 Å². The topological polar surface area (TPSA) is 58.6 Å². The zero-order chi connectivity index (χ0) is 21.4. The van der Waals surface area contributed by atoms with Crippen LogP contribution in [0.25, 0.3) is 0 Å². The second-order valence-electron chi connectivity index (χ2n) is 7.23. The number of carbonyl (C=O) groups excluding carboxylic acids is 2. The summed E-state index contributed by atoms with van der Waals surface area (Å²) in [5.74, 6) is 0.262. The lowest BCUT2D eigenvalue weighted by Gasteiger charge is -2.28. The third kappa shape index (κ3) is 7.20. The Balaban J connectivity index is 2.14. The molecule has 2 rings (SSSR count). The lowest BCUT2D eigenvalue weighted by Crippen LogP contribution is -2.49. The minimum Gasteiger partial charge on any atom is -0.484 e. The van der Waals surface area contributed by atoms with E-state index in [4.69, 9.17) is 4.74 Å². The van der Waals surface area contributed by atoms with E-state index in [9.17, 15) is 9.59 Å². The van der Waals surface area contributed by atoms with Gasteiger partial charge < -0.3 is 15.0 Å². The Hall–Kier alpha value is -2.34. The fourth-order valence-corrected chi connectivity index (χ4v) is 3.27.